The molecule has 1 aliphatic rings. The monoisotopic (exact) mass is 435 g/mol. The molecule has 2 unspecified atom stereocenters. The van der Waals surface area contributed by atoms with Crippen LogP contribution in [-0.2, 0) is 9.53 Å². The number of hydrogen-bond acceptors (Lipinski definition) is 6. The predicted molar refractivity (Wildman–Crippen MR) is 118 cm³/mol. The number of H-pyrrole nitrogens is 1. The summed E-state index contributed by atoms with van der Waals surface area (Å²) in [6.45, 7) is 2.83. The van der Waals surface area contributed by atoms with Crippen LogP contribution in [0.1, 0.15) is 25.2 Å². The lowest BCUT2D eigenvalue weighted by molar-refractivity contribution is -0.130. The summed E-state index contributed by atoms with van der Waals surface area (Å²) in [6.07, 6.45) is 3.49. The quantitative estimate of drug-likeness (QED) is 0.451. The molecule has 1 saturated heterocycles. The summed E-state index contributed by atoms with van der Waals surface area (Å²) >= 11 is 0. The zero-order valence-electron chi connectivity index (χ0n) is 18.0. The first-order chi connectivity index (χ1) is 15.6. The third-order valence-electron chi connectivity index (χ3n) is 5.87. The molecule has 0 radical (unpaired) electrons. The molecule has 1 aliphatic heterocycles. The van der Waals surface area contributed by atoms with Gasteiger partial charge in [0.25, 0.3) is 0 Å². The Morgan fingerprint density at radius 3 is 2.78 bits per heavy atom. The van der Waals surface area contributed by atoms with E-state index in [0.717, 1.165) is 33.7 Å². The lowest BCUT2D eigenvalue weighted by Gasteiger charge is -2.22. The summed E-state index contributed by atoms with van der Waals surface area (Å²) < 4.78 is 12.7. The SMILES string of the molecule is COCCOc1ccc(-c2nc(C3CC(O)CN3C(C)=O)n3c2cnc2[nH]ccc23)cc1. The molecule has 0 saturated carbocycles. The zero-order valence-corrected chi connectivity index (χ0v) is 18.0. The van der Waals surface area contributed by atoms with E-state index < -0.39 is 6.10 Å². The molecule has 4 heterocycles. The van der Waals surface area contributed by atoms with Crippen LogP contribution < -0.4 is 4.74 Å². The number of benzene rings is 1. The molecule has 1 aromatic carbocycles. The number of hydrogen-bond donors (Lipinski definition) is 2. The number of nitrogens with one attached hydrogen (secondary N) is 1. The Morgan fingerprint density at radius 1 is 1.22 bits per heavy atom. The van der Waals surface area contributed by atoms with Gasteiger partial charge >= 0.3 is 0 Å². The van der Waals surface area contributed by atoms with Crippen LogP contribution in [0.2, 0.25) is 0 Å². The molecule has 32 heavy (non-hydrogen) atoms. The van der Waals surface area contributed by atoms with Crippen molar-refractivity contribution in [2.24, 2.45) is 0 Å². The highest BCUT2D eigenvalue weighted by atomic mass is 16.5. The number of imidazole rings is 1. The number of ether oxygens (including phenoxy) is 2. The van der Waals surface area contributed by atoms with Crippen LogP contribution >= 0.6 is 0 Å². The van der Waals surface area contributed by atoms with E-state index in [1.807, 2.05) is 40.9 Å². The van der Waals surface area contributed by atoms with Crippen molar-refractivity contribution in [2.45, 2.75) is 25.5 Å². The van der Waals surface area contributed by atoms with Crippen LogP contribution in [-0.4, -0.2) is 68.2 Å². The highest BCUT2D eigenvalue weighted by Crippen LogP contribution is 2.37. The second-order valence-corrected chi connectivity index (χ2v) is 7.95. The van der Waals surface area contributed by atoms with Crippen LogP contribution in [0.5, 0.6) is 5.75 Å². The number of rotatable bonds is 6. The summed E-state index contributed by atoms with van der Waals surface area (Å²) in [5, 5.41) is 10.3. The van der Waals surface area contributed by atoms with Gasteiger partial charge in [-0.3, -0.25) is 9.20 Å². The summed E-state index contributed by atoms with van der Waals surface area (Å²) in [7, 11) is 1.64. The number of aromatic nitrogens is 4. The summed E-state index contributed by atoms with van der Waals surface area (Å²) in [5.41, 5.74) is 4.13. The normalized spacial score (nSPS) is 18.7. The minimum atomic E-state index is -0.577. The Hall–Kier alpha value is -3.43. The number of carbonyl (C=O) groups is 1. The van der Waals surface area contributed by atoms with Crippen LogP contribution in [0.3, 0.4) is 0 Å². The maximum Gasteiger partial charge on any atom is 0.220 e. The first-order valence-corrected chi connectivity index (χ1v) is 10.6. The number of β-amino-alcohol motifs (C(OH)–C–C–N with tert-alkyl or cyclic N) is 1. The number of methoxy groups -OCH3 is 1. The number of aromatic amines is 1. The molecule has 0 aliphatic carbocycles. The number of aliphatic hydroxyl groups excluding tert-OH is 1. The van der Waals surface area contributed by atoms with Gasteiger partial charge in [-0.05, 0) is 30.3 Å². The topological polar surface area (TPSA) is 105 Å². The van der Waals surface area contributed by atoms with Crippen molar-refractivity contribution >= 4 is 22.6 Å². The molecule has 2 atom stereocenters. The molecule has 2 N–H and O–H groups in total. The lowest BCUT2D eigenvalue weighted by atomic mass is 10.1. The predicted octanol–water partition coefficient (Wildman–Crippen LogP) is 2.56. The van der Waals surface area contributed by atoms with Crippen molar-refractivity contribution in [1.29, 1.82) is 0 Å². The highest BCUT2D eigenvalue weighted by molar-refractivity contribution is 5.84. The van der Waals surface area contributed by atoms with Crippen molar-refractivity contribution in [3.8, 4) is 17.0 Å². The molecule has 9 heteroatoms. The summed E-state index contributed by atoms with van der Waals surface area (Å²) in [4.78, 5) is 26.6. The summed E-state index contributed by atoms with van der Waals surface area (Å²) in [6, 6.07) is 9.35. The zero-order chi connectivity index (χ0) is 22.2. The molecular weight excluding hydrogens is 410 g/mol. The fourth-order valence-electron chi connectivity index (χ4n) is 4.38. The van der Waals surface area contributed by atoms with E-state index in [4.69, 9.17) is 14.5 Å². The van der Waals surface area contributed by atoms with Crippen LogP contribution in [0.25, 0.3) is 27.9 Å². The number of nitrogens with zero attached hydrogens (tertiary/aromatic N) is 4. The highest BCUT2D eigenvalue weighted by Gasteiger charge is 2.37. The van der Waals surface area contributed by atoms with Gasteiger partial charge in [0.15, 0.2) is 5.65 Å². The van der Waals surface area contributed by atoms with Crippen LogP contribution in [0, 0.1) is 0 Å². The Labute approximate surface area is 184 Å². The first-order valence-electron chi connectivity index (χ1n) is 10.6. The van der Waals surface area contributed by atoms with Crippen molar-refractivity contribution in [3.63, 3.8) is 0 Å². The van der Waals surface area contributed by atoms with Crippen molar-refractivity contribution in [1.82, 2.24) is 24.3 Å². The molecule has 1 amide bonds. The molecule has 3 aromatic heterocycles. The van der Waals surface area contributed by atoms with Gasteiger partial charge in [0.1, 0.15) is 18.2 Å². The number of fused-ring (bicyclic) bond motifs is 3. The van der Waals surface area contributed by atoms with Gasteiger partial charge in [0, 0.05) is 38.8 Å². The molecule has 4 aromatic rings. The molecule has 0 spiro atoms. The van der Waals surface area contributed by atoms with Crippen LogP contribution in [0.4, 0.5) is 0 Å². The minimum absolute atomic E-state index is 0.0817. The van der Waals surface area contributed by atoms with E-state index in [0.29, 0.717) is 32.0 Å². The summed E-state index contributed by atoms with van der Waals surface area (Å²) in [5.74, 6) is 1.39. The van der Waals surface area contributed by atoms with Gasteiger partial charge < -0.3 is 24.5 Å². The molecule has 9 nitrogen and oxygen atoms in total. The second-order valence-electron chi connectivity index (χ2n) is 7.95. The van der Waals surface area contributed by atoms with E-state index in [2.05, 4.69) is 9.97 Å². The molecule has 1 fully saturated rings. The number of carbonyl (C=O) groups excluding carboxylic acids is 1. The molecule has 5 rings (SSSR count). The molecule has 166 valence electrons. The van der Waals surface area contributed by atoms with Crippen molar-refractivity contribution < 1.29 is 19.4 Å². The Balaban J connectivity index is 1.62. The Morgan fingerprint density at radius 2 is 2.03 bits per heavy atom. The Kier molecular flexibility index (Phi) is 5.28. The van der Waals surface area contributed by atoms with Gasteiger partial charge in [-0.1, -0.05) is 0 Å². The average Bonchev–Trinajstić information content (AvgIpc) is 3.50. The maximum atomic E-state index is 12.3. The van der Waals surface area contributed by atoms with Gasteiger partial charge in [0.2, 0.25) is 5.91 Å². The van der Waals surface area contributed by atoms with Gasteiger partial charge in [0.05, 0.1) is 41.7 Å². The van der Waals surface area contributed by atoms with Crippen LogP contribution in [0.15, 0.2) is 42.7 Å². The number of likely N-dealkylation sites (tertiary alicyclic amines) is 1. The second kappa shape index (κ2) is 8.25. The fraction of sp³-hybridized carbons (Fsp3) is 0.348. The number of aliphatic hydroxyl groups is 1. The first kappa shape index (κ1) is 20.5. The molecule has 0 bridgehead atoms. The van der Waals surface area contributed by atoms with Crippen molar-refractivity contribution in [2.75, 3.05) is 26.9 Å². The maximum absolute atomic E-state index is 12.3. The van der Waals surface area contributed by atoms with E-state index in [1.54, 1.807) is 18.2 Å². The third-order valence-corrected chi connectivity index (χ3v) is 5.87. The van der Waals surface area contributed by atoms with Gasteiger partial charge in [-0.25, -0.2) is 9.97 Å². The molecular formula is C23H25N5O4. The smallest absolute Gasteiger partial charge is 0.220 e. The van der Waals surface area contributed by atoms with E-state index in [-0.39, 0.29) is 11.9 Å². The standard InChI is InChI=1S/C23H25N5O4/c1-14(29)27-13-16(30)11-19(27)23-26-21(15-3-5-17(6-4-15)32-10-9-31-2)20-12-25-22-18(28(20)23)7-8-24-22/h3-8,12,16,19,24,30H,9-11,13H2,1-2H3. The third kappa shape index (κ3) is 3.49. The largest absolute Gasteiger partial charge is 0.491 e. The number of amides is 1. The average molecular weight is 435 g/mol. The van der Waals surface area contributed by atoms with Gasteiger partial charge in [-0.2, -0.15) is 0 Å². The van der Waals surface area contributed by atoms with Gasteiger partial charge in [-0.15, -0.1) is 0 Å². The fourth-order valence-corrected chi connectivity index (χ4v) is 4.38. The lowest BCUT2D eigenvalue weighted by Crippen LogP contribution is -2.30. The Bertz CT molecular complexity index is 1260. The van der Waals surface area contributed by atoms with E-state index in [1.165, 1.54) is 6.92 Å². The van der Waals surface area contributed by atoms with E-state index in [9.17, 15) is 9.90 Å². The minimum Gasteiger partial charge on any atom is -0.491 e. The van der Waals surface area contributed by atoms with E-state index >= 15 is 0 Å². The van der Waals surface area contributed by atoms with Crippen molar-refractivity contribution in [3.05, 3.63) is 48.5 Å².